The number of carbonyl (C=O) groups is 1. The highest BCUT2D eigenvalue weighted by atomic mass is 16.5. The summed E-state index contributed by atoms with van der Waals surface area (Å²) in [6, 6.07) is 18.7. The van der Waals surface area contributed by atoms with Gasteiger partial charge in [-0.05, 0) is 54.7 Å². The van der Waals surface area contributed by atoms with Crippen LogP contribution in [0, 0.1) is 17.2 Å². The number of benzene rings is 2. The number of rotatable bonds is 8. The van der Waals surface area contributed by atoms with E-state index in [1.54, 1.807) is 25.4 Å². The first-order valence-corrected chi connectivity index (χ1v) is 11.6. The van der Waals surface area contributed by atoms with Crippen molar-refractivity contribution in [2.75, 3.05) is 26.8 Å². The summed E-state index contributed by atoms with van der Waals surface area (Å²) in [4.78, 5) is 18.4. The first kappa shape index (κ1) is 22.6. The highest BCUT2D eigenvalue weighted by Gasteiger charge is 2.22. The Morgan fingerprint density at radius 1 is 1.17 bits per heavy atom. The number of aliphatic hydroxyl groups is 1. The quantitative estimate of drug-likeness (QED) is 0.396. The fraction of sp³-hybridized carbons (Fsp3) is 0.250. The third-order valence-corrected chi connectivity index (χ3v) is 6.19. The molecule has 1 aliphatic rings. The Morgan fingerprint density at radius 3 is 2.66 bits per heavy atom. The number of nitrogens with zero attached hydrogens (tertiary/aromatic N) is 3. The van der Waals surface area contributed by atoms with E-state index >= 15 is 0 Å². The van der Waals surface area contributed by atoms with Crippen LogP contribution in [0.1, 0.15) is 28.8 Å². The number of hydrogen-bond donors (Lipinski definition) is 1. The lowest BCUT2D eigenvalue weighted by Gasteiger charge is -2.15. The third kappa shape index (κ3) is 4.75. The monoisotopic (exact) mass is 467 g/mol. The van der Waals surface area contributed by atoms with Crippen molar-refractivity contribution in [3.8, 4) is 34.3 Å². The van der Waals surface area contributed by atoms with Crippen molar-refractivity contribution in [1.29, 1.82) is 5.26 Å². The summed E-state index contributed by atoms with van der Waals surface area (Å²) < 4.78 is 12.1. The molecule has 0 aliphatic heterocycles. The predicted molar refractivity (Wildman–Crippen MR) is 132 cm³/mol. The average molecular weight is 468 g/mol. The molecule has 2 heterocycles. The van der Waals surface area contributed by atoms with Crippen LogP contribution >= 0.6 is 0 Å². The molecule has 0 spiro atoms. The highest BCUT2D eigenvalue weighted by Crippen LogP contribution is 2.36. The van der Waals surface area contributed by atoms with Crippen molar-refractivity contribution in [3.05, 3.63) is 71.9 Å². The van der Waals surface area contributed by atoms with Gasteiger partial charge in [-0.3, -0.25) is 9.78 Å². The molecule has 0 bridgehead atoms. The zero-order valence-electron chi connectivity index (χ0n) is 19.4. The molecule has 176 valence electrons. The molecule has 35 heavy (non-hydrogen) atoms. The van der Waals surface area contributed by atoms with E-state index in [0.29, 0.717) is 46.3 Å². The standard InChI is InChI=1S/C28H25N3O4/c1-31(12-13-32)28(33)20-6-4-19(5-7-20)26-15-24-27(35-26)23(10-11-30-24)21-8-9-25(22(14-21)16-29)34-17-18-2-3-18/h4-11,14-15,18,32H,2-3,12-13,17H2,1H3. The van der Waals surface area contributed by atoms with E-state index < -0.39 is 0 Å². The molecule has 0 atom stereocenters. The second-order valence-electron chi connectivity index (χ2n) is 8.79. The van der Waals surface area contributed by atoms with E-state index in [1.165, 1.54) is 17.7 Å². The molecule has 1 fully saturated rings. The summed E-state index contributed by atoms with van der Waals surface area (Å²) in [6.45, 7) is 0.845. The minimum absolute atomic E-state index is 0.0826. The van der Waals surface area contributed by atoms with Gasteiger partial charge >= 0.3 is 0 Å². The Hall–Kier alpha value is -4.15. The molecular weight excluding hydrogens is 442 g/mol. The van der Waals surface area contributed by atoms with Gasteiger partial charge in [0.1, 0.15) is 23.1 Å². The Bertz CT molecular complexity index is 1410. The Balaban J connectivity index is 1.44. The van der Waals surface area contributed by atoms with Crippen LogP contribution in [0.3, 0.4) is 0 Å². The lowest BCUT2D eigenvalue weighted by molar-refractivity contribution is 0.0767. The molecule has 1 amide bonds. The number of ether oxygens (including phenoxy) is 1. The number of amides is 1. The molecule has 7 heteroatoms. The molecule has 5 rings (SSSR count). The molecule has 0 saturated heterocycles. The Morgan fingerprint density at radius 2 is 1.94 bits per heavy atom. The Kier molecular flexibility index (Phi) is 6.21. The number of furan rings is 1. The Labute approximate surface area is 203 Å². The molecule has 7 nitrogen and oxygen atoms in total. The SMILES string of the molecule is CN(CCO)C(=O)c1ccc(-c2cc3nccc(-c4ccc(OCC5CC5)c(C#N)c4)c3o2)cc1. The van der Waals surface area contributed by atoms with Crippen LogP contribution in [0.15, 0.2) is 65.2 Å². The van der Waals surface area contributed by atoms with Gasteiger partial charge in [0.05, 0.1) is 18.8 Å². The summed E-state index contributed by atoms with van der Waals surface area (Å²) in [5.74, 6) is 1.69. The van der Waals surface area contributed by atoms with Crippen LogP contribution in [0.2, 0.25) is 0 Å². The van der Waals surface area contributed by atoms with Crippen molar-refractivity contribution in [2.24, 2.45) is 5.92 Å². The maximum Gasteiger partial charge on any atom is 0.253 e. The number of carbonyl (C=O) groups excluding carboxylic acids is 1. The molecule has 1 N–H and O–H groups in total. The molecule has 2 aromatic heterocycles. The molecule has 0 unspecified atom stereocenters. The van der Waals surface area contributed by atoms with Crippen molar-refractivity contribution < 1.29 is 19.1 Å². The maximum atomic E-state index is 12.4. The normalized spacial score (nSPS) is 12.9. The van der Waals surface area contributed by atoms with Gasteiger partial charge < -0.3 is 19.2 Å². The van der Waals surface area contributed by atoms with Crippen LogP contribution in [0.25, 0.3) is 33.6 Å². The lowest BCUT2D eigenvalue weighted by Crippen LogP contribution is -2.29. The number of pyridine rings is 1. The van der Waals surface area contributed by atoms with Crippen molar-refractivity contribution in [2.45, 2.75) is 12.8 Å². The number of aliphatic hydroxyl groups excluding tert-OH is 1. The third-order valence-electron chi connectivity index (χ3n) is 6.19. The topological polar surface area (TPSA) is 99.6 Å². The summed E-state index contributed by atoms with van der Waals surface area (Å²) in [6.07, 6.45) is 4.10. The number of fused-ring (bicyclic) bond motifs is 1. The number of hydrogen-bond acceptors (Lipinski definition) is 6. The number of nitriles is 1. The molecule has 0 radical (unpaired) electrons. The lowest BCUT2D eigenvalue weighted by atomic mass is 10.0. The minimum Gasteiger partial charge on any atom is -0.492 e. The average Bonchev–Trinajstić information content (AvgIpc) is 3.62. The maximum absolute atomic E-state index is 12.4. The fourth-order valence-electron chi connectivity index (χ4n) is 3.96. The van der Waals surface area contributed by atoms with E-state index in [2.05, 4.69) is 11.1 Å². The van der Waals surface area contributed by atoms with E-state index in [-0.39, 0.29) is 19.1 Å². The first-order valence-electron chi connectivity index (χ1n) is 11.6. The molecule has 1 saturated carbocycles. The van der Waals surface area contributed by atoms with E-state index in [1.807, 2.05) is 42.5 Å². The largest absolute Gasteiger partial charge is 0.492 e. The zero-order chi connectivity index (χ0) is 24.4. The molecule has 2 aromatic carbocycles. The first-order chi connectivity index (χ1) is 17.1. The van der Waals surface area contributed by atoms with Crippen LogP contribution in [-0.2, 0) is 0 Å². The van der Waals surface area contributed by atoms with Gasteiger partial charge in [0, 0.05) is 42.5 Å². The van der Waals surface area contributed by atoms with Gasteiger partial charge in [-0.25, -0.2) is 0 Å². The van der Waals surface area contributed by atoms with Crippen molar-refractivity contribution in [1.82, 2.24) is 9.88 Å². The second kappa shape index (κ2) is 9.61. The smallest absolute Gasteiger partial charge is 0.253 e. The van der Waals surface area contributed by atoms with Crippen molar-refractivity contribution >= 4 is 17.0 Å². The summed E-state index contributed by atoms with van der Waals surface area (Å²) in [5, 5.41) is 18.7. The second-order valence-corrected chi connectivity index (χ2v) is 8.79. The summed E-state index contributed by atoms with van der Waals surface area (Å²) in [5.41, 5.74) is 4.86. The van der Waals surface area contributed by atoms with Gasteiger partial charge in [0.15, 0.2) is 5.58 Å². The van der Waals surface area contributed by atoms with Gasteiger partial charge in [-0.1, -0.05) is 18.2 Å². The van der Waals surface area contributed by atoms with Gasteiger partial charge in [0.25, 0.3) is 5.91 Å². The highest BCUT2D eigenvalue weighted by molar-refractivity contribution is 5.95. The van der Waals surface area contributed by atoms with Crippen LogP contribution in [-0.4, -0.2) is 47.7 Å². The minimum atomic E-state index is -0.156. The van der Waals surface area contributed by atoms with Crippen LogP contribution in [0.5, 0.6) is 5.75 Å². The summed E-state index contributed by atoms with van der Waals surface area (Å²) >= 11 is 0. The van der Waals surface area contributed by atoms with E-state index in [0.717, 1.165) is 16.7 Å². The van der Waals surface area contributed by atoms with Gasteiger partial charge in [-0.15, -0.1) is 0 Å². The van der Waals surface area contributed by atoms with Crippen molar-refractivity contribution in [3.63, 3.8) is 0 Å². The van der Waals surface area contributed by atoms with Crippen LogP contribution in [0.4, 0.5) is 0 Å². The van der Waals surface area contributed by atoms with Crippen LogP contribution < -0.4 is 4.74 Å². The molecule has 4 aromatic rings. The number of likely N-dealkylation sites (N-methyl/N-ethyl adjacent to an activating group) is 1. The molecule has 1 aliphatic carbocycles. The van der Waals surface area contributed by atoms with Gasteiger partial charge in [0.2, 0.25) is 0 Å². The fourth-order valence-corrected chi connectivity index (χ4v) is 3.96. The van der Waals surface area contributed by atoms with Gasteiger partial charge in [-0.2, -0.15) is 5.26 Å². The zero-order valence-corrected chi connectivity index (χ0v) is 19.4. The van der Waals surface area contributed by atoms with E-state index in [4.69, 9.17) is 14.3 Å². The predicted octanol–water partition coefficient (Wildman–Crippen LogP) is 4.89. The molecular formula is C28H25N3O4. The summed E-state index contributed by atoms with van der Waals surface area (Å²) in [7, 11) is 1.66. The van der Waals surface area contributed by atoms with E-state index in [9.17, 15) is 10.1 Å². The number of aromatic nitrogens is 1.